The third-order valence-corrected chi connectivity index (χ3v) is 4.72. The van der Waals surface area contributed by atoms with Crippen molar-refractivity contribution in [2.75, 3.05) is 6.26 Å². The number of nitrogens with zero attached hydrogens (tertiary/aromatic N) is 2. The fraction of sp³-hybridized carbons (Fsp3) is 0.455. The van der Waals surface area contributed by atoms with Crippen molar-refractivity contribution in [1.29, 1.82) is 0 Å². The third kappa shape index (κ3) is 1.88. The predicted molar refractivity (Wildman–Crippen MR) is 67.9 cm³/mol. The van der Waals surface area contributed by atoms with E-state index in [0.717, 1.165) is 11.9 Å². The Morgan fingerprint density at radius 1 is 1.47 bits per heavy atom. The number of thioether (sulfide) groups is 1. The summed E-state index contributed by atoms with van der Waals surface area (Å²) in [6.45, 7) is 4.37. The van der Waals surface area contributed by atoms with Gasteiger partial charge in [-0.25, -0.2) is 0 Å². The zero-order valence-corrected chi connectivity index (χ0v) is 10.8. The van der Waals surface area contributed by atoms with Crippen molar-refractivity contribution in [3.8, 4) is 0 Å². The van der Waals surface area contributed by atoms with Crippen LogP contribution in [0.5, 0.6) is 0 Å². The number of thiophene rings is 1. The molecule has 0 unspecified atom stereocenters. The summed E-state index contributed by atoms with van der Waals surface area (Å²) in [5, 5.41) is 8.29. The Morgan fingerprint density at radius 3 is 2.93 bits per heavy atom. The van der Waals surface area contributed by atoms with E-state index < -0.39 is 0 Å². The van der Waals surface area contributed by atoms with Gasteiger partial charge in [0.2, 0.25) is 0 Å². The first-order chi connectivity index (χ1) is 7.27. The molecule has 4 heteroatoms. The van der Waals surface area contributed by atoms with E-state index in [1.807, 2.05) is 17.5 Å². The Balaban J connectivity index is 2.64. The summed E-state index contributed by atoms with van der Waals surface area (Å²) in [4.78, 5) is 2.71. The molecular formula is C11H14N2S2. The van der Waals surface area contributed by atoms with Crippen LogP contribution >= 0.6 is 23.1 Å². The van der Waals surface area contributed by atoms with Gasteiger partial charge in [-0.1, -0.05) is 13.3 Å². The van der Waals surface area contributed by atoms with Crippen LogP contribution in [0.1, 0.15) is 23.8 Å². The standard InChI is InChI=1S/C11H14N2S2/c1-4-5-8-7(2)10-11(15-8)9(14-3)6-12-13-10/h6H,4-5H2,1-3H3. The van der Waals surface area contributed by atoms with E-state index in [-0.39, 0.29) is 0 Å². The predicted octanol–water partition coefficient (Wildman–Crippen LogP) is 3.67. The first-order valence-electron chi connectivity index (χ1n) is 5.05. The fourth-order valence-electron chi connectivity index (χ4n) is 1.65. The zero-order chi connectivity index (χ0) is 10.8. The summed E-state index contributed by atoms with van der Waals surface area (Å²) in [5.41, 5.74) is 2.41. The molecule has 0 saturated carbocycles. The number of aryl methyl sites for hydroxylation is 2. The van der Waals surface area contributed by atoms with Gasteiger partial charge >= 0.3 is 0 Å². The van der Waals surface area contributed by atoms with Crippen molar-refractivity contribution >= 4 is 33.3 Å². The van der Waals surface area contributed by atoms with Gasteiger partial charge in [0.25, 0.3) is 0 Å². The average Bonchev–Trinajstić information content (AvgIpc) is 2.57. The lowest BCUT2D eigenvalue weighted by molar-refractivity contribution is 0.932. The summed E-state index contributed by atoms with van der Waals surface area (Å²) in [6, 6.07) is 0. The minimum Gasteiger partial charge on any atom is -0.157 e. The van der Waals surface area contributed by atoms with Gasteiger partial charge in [0.15, 0.2) is 0 Å². The molecule has 2 rings (SSSR count). The molecule has 80 valence electrons. The lowest BCUT2D eigenvalue weighted by Crippen LogP contribution is -1.85. The van der Waals surface area contributed by atoms with Crippen LogP contribution in [0, 0.1) is 6.92 Å². The van der Waals surface area contributed by atoms with Crippen LogP contribution in [-0.2, 0) is 6.42 Å². The second kappa shape index (κ2) is 4.49. The van der Waals surface area contributed by atoms with Crippen molar-refractivity contribution < 1.29 is 0 Å². The highest BCUT2D eigenvalue weighted by atomic mass is 32.2. The van der Waals surface area contributed by atoms with E-state index in [1.54, 1.807) is 11.8 Å². The highest BCUT2D eigenvalue weighted by Gasteiger charge is 2.12. The maximum Gasteiger partial charge on any atom is 0.108 e. The quantitative estimate of drug-likeness (QED) is 0.763. The van der Waals surface area contributed by atoms with Crippen molar-refractivity contribution in [3.05, 3.63) is 16.6 Å². The number of hydrogen-bond acceptors (Lipinski definition) is 4. The van der Waals surface area contributed by atoms with Gasteiger partial charge in [0, 0.05) is 9.77 Å². The third-order valence-electron chi connectivity index (χ3n) is 2.47. The molecule has 0 atom stereocenters. The topological polar surface area (TPSA) is 25.8 Å². The van der Waals surface area contributed by atoms with Crippen LogP contribution in [0.4, 0.5) is 0 Å². The SMILES string of the molecule is CCCc1sc2c(SC)cnnc2c1C. The minimum atomic E-state index is 1.09. The van der Waals surface area contributed by atoms with Crippen LogP contribution in [0.15, 0.2) is 11.1 Å². The van der Waals surface area contributed by atoms with Crippen LogP contribution in [0.25, 0.3) is 10.2 Å². The van der Waals surface area contributed by atoms with Gasteiger partial charge < -0.3 is 0 Å². The molecule has 0 amide bonds. The largest absolute Gasteiger partial charge is 0.157 e. The Bertz CT molecular complexity index is 477. The molecule has 0 aliphatic rings. The van der Waals surface area contributed by atoms with Gasteiger partial charge in [-0.05, 0) is 25.2 Å². The molecule has 0 radical (unpaired) electrons. The molecule has 0 saturated heterocycles. The molecular weight excluding hydrogens is 224 g/mol. The Hall–Kier alpha value is -0.610. The van der Waals surface area contributed by atoms with E-state index >= 15 is 0 Å². The van der Waals surface area contributed by atoms with E-state index in [0.29, 0.717) is 0 Å². The smallest absolute Gasteiger partial charge is 0.108 e. The van der Waals surface area contributed by atoms with Crippen molar-refractivity contribution in [2.24, 2.45) is 0 Å². The first kappa shape index (κ1) is 10.9. The average molecular weight is 238 g/mol. The molecule has 0 fully saturated rings. The number of aromatic nitrogens is 2. The number of rotatable bonds is 3. The summed E-state index contributed by atoms with van der Waals surface area (Å²) >= 11 is 3.62. The second-order valence-corrected chi connectivity index (χ2v) is 5.44. The first-order valence-corrected chi connectivity index (χ1v) is 7.09. The molecule has 15 heavy (non-hydrogen) atoms. The van der Waals surface area contributed by atoms with Gasteiger partial charge in [-0.3, -0.25) is 0 Å². The van der Waals surface area contributed by atoms with Crippen LogP contribution in [-0.4, -0.2) is 16.5 Å². The number of hydrogen-bond donors (Lipinski definition) is 0. The normalized spacial score (nSPS) is 11.1. The van der Waals surface area contributed by atoms with E-state index in [2.05, 4.69) is 30.3 Å². The Morgan fingerprint density at radius 2 is 2.27 bits per heavy atom. The zero-order valence-electron chi connectivity index (χ0n) is 9.20. The summed E-state index contributed by atoms with van der Waals surface area (Å²) in [6.07, 6.45) is 6.29. The molecule has 0 spiro atoms. The van der Waals surface area contributed by atoms with Gasteiger partial charge in [-0.15, -0.1) is 28.2 Å². The molecule has 0 aliphatic heterocycles. The maximum atomic E-state index is 4.24. The van der Waals surface area contributed by atoms with E-state index in [9.17, 15) is 0 Å². The highest BCUT2D eigenvalue weighted by Crippen LogP contribution is 2.35. The molecule has 0 aliphatic carbocycles. The number of fused-ring (bicyclic) bond motifs is 1. The van der Waals surface area contributed by atoms with Crippen LogP contribution in [0.3, 0.4) is 0 Å². The van der Waals surface area contributed by atoms with Gasteiger partial charge in [-0.2, -0.15) is 5.10 Å². The summed E-state index contributed by atoms with van der Waals surface area (Å²) in [7, 11) is 0. The van der Waals surface area contributed by atoms with Gasteiger partial charge in [0.05, 0.1) is 10.9 Å². The van der Waals surface area contributed by atoms with Crippen molar-refractivity contribution in [3.63, 3.8) is 0 Å². The highest BCUT2D eigenvalue weighted by molar-refractivity contribution is 7.99. The second-order valence-electron chi connectivity index (χ2n) is 3.49. The molecule has 0 aromatic carbocycles. The Kier molecular flexibility index (Phi) is 3.26. The minimum absolute atomic E-state index is 1.09. The molecule has 0 bridgehead atoms. The lowest BCUT2D eigenvalue weighted by Gasteiger charge is -1.95. The Labute approximate surface area is 98.1 Å². The van der Waals surface area contributed by atoms with E-state index in [4.69, 9.17) is 0 Å². The van der Waals surface area contributed by atoms with Crippen LogP contribution in [0.2, 0.25) is 0 Å². The fourth-order valence-corrected chi connectivity index (χ4v) is 3.70. The van der Waals surface area contributed by atoms with Crippen molar-refractivity contribution in [2.45, 2.75) is 31.6 Å². The maximum absolute atomic E-state index is 4.24. The lowest BCUT2D eigenvalue weighted by atomic mass is 10.2. The molecule has 2 heterocycles. The summed E-state index contributed by atoms with van der Waals surface area (Å²) < 4.78 is 1.30. The molecule has 2 aromatic rings. The van der Waals surface area contributed by atoms with Crippen LogP contribution < -0.4 is 0 Å². The molecule has 2 aromatic heterocycles. The summed E-state index contributed by atoms with van der Waals surface area (Å²) in [5.74, 6) is 0. The van der Waals surface area contributed by atoms with E-state index in [1.165, 1.54) is 26.5 Å². The molecule has 0 N–H and O–H groups in total. The van der Waals surface area contributed by atoms with Crippen molar-refractivity contribution in [1.82, 2.24) is 10.2 Å². The molecule has 2 nitrogen and oxygen atoms in total. The monoisotopic (exact) mass is 238 g/mol. The van der Waals surface area contributed by atoms with Gasteiger partial charge in [0.1, 0.15) is 5.52 Å².